The predicted molar refractivity (Wildman–Crippen MR) is 86.2 cm³/mol. The van der Waals surface area contributed by atoms with Gasteiger partial charge in [0.05, 0.1) is 6.10 Å². The molecule has 0 spiro atoms. The Morgan fingerprint density at radius 1 is 1.39 bits per heavy atom. The van der Waals surface area contributed by atoms with Gasteiger partial charge in [0.15, 0.2) is 23.6 Å². The molecule has 5 atom stereocenters. The van der Waals surface area contributed by atoms with Gasteiger partial charge in [0.2, 0.25) is 5.95 Å². The van der Waals surface area contributed by atoms with Gasteiger partial charge in [-0.25, -0.2) is 13.8 Å². The summed E-state index contributed by atoms with van der Waals surface area (Å²) in [6.07, 6.45) is -13.6. The van der Waals surface area contributed by atoms with Crippen LogP contribution in [0.3, 0.4) is 0 Å². The third-order valence-corrected chi connectivity index (χ3v) is 4.45. The summed E-state index contributed by atoms with van der Waals surface area (Å²) in [6, 6.07) is 0. The number of hydrogen-bond donors (Lipinski definition) is 4. The van der Waals surface area contributed by atoms with Gasteiger partial charge in [-0.2, -0.15) is 18.2 Å². The smallest absolute Gasteiger partial charge is 0.390 e. The van der Waals surface area contributed by atoms with Crippen molar-refractivity contribution in [2.75, 3.05) is 5.73 Å². The molecule has 5 N–H and O–H groups in total. The van der Waals surface area contributed by atoms with E-state index in [1.807, 2.05) is 4.98 Å². The van der Waals surface area contributed by atoms with Crippen LogP contribution in [-0.4, -0.2) is 60.0 Å². The van der Waals surface area contributed by atoms with E-state index >= 15 is 0 Å². The molecule has 0 saturated carbocycles. The molecule has 3 rings (SSSR count). The van der Waals surface area contributed by atoms with Gasteiger partial charge in [0.25, 0.3) is 5.56 Å². The Kier molecular flexibility index (Phi) is 4.97. The van der Waals surface area contributed by atoms with E-state index < -0.39 is 71.8 Å². The van der Waals surface area contributed by atoms with E-state index in [-0.39, 0.29) is 11.0 Å². The van der Waals surface area contributed by atoms with Gasteiger partial charge < -0.3 is 20.7 Å². The summed E-state index contributed by atoms with van der Waals surface area (Å²) in [5.41, 5.74) is 1.50. The monoisotopic (exact) mass is 411 g/mol. The SMILES string of the molecule is CC[C@H](O)[C@H]1O[C@@H](n2c(=O)n(CC(F)(F)F)c3c(=O)[nH]c(N)nc32)[C@H](O)[C@H]1F. The number of halogens is 4. The molecule has 10 nitrogen and oxygen atoms in total. The molecule has 0 aliphatic carbocycles. The number of H-pyrrole nitrogens is 1. The Bertz CT molecular complexity index is 999. The number of aliphatic hydroxyl groups excluding tert-OH is 2. The molecule has 156 valence electrons. The molecular weight excluding hydrogens is 394 g/mol. The number of fused-ring (bicyclic) bond motifs is 1. The van der Waals surface area contributed by atoms with Gasteiger partial charge in [-0.05, 0) is 6.42 Å². The van der Waals surface area contributed by atoms with Crippen molar-refractivity contribution in [3.8, 4) is 0 Å². The summed E-state index contributed by atoms with van der Waals surface area (Å²) in [7, 11) is 0. The standard InChI is InChI=1S/C14H17F4N5O5/c1-2-4(24)8-5(15)7(25)11(28-8)23-9-6(10(26)21-12(19)20-9)22(13(23)27)3-14(16,17)18/h4-5,7-8,11,24-25H,2-3H2,1H3,(H3,19,20,21,26)/t4-,5+,7+,8+,11+/m0/s1. The van der Waals surface area contributed by atoms with Crippen LogP contribution < -0.4 is 17.0 Å². The molecule has 0 radical (unpaired) electrons. The lowest BCUT2D eigenvalue weighted by molar-refractivity contribution is -0.140. The van der Waals surface area contributed by atoms with Crippen molar-refractivity contribution in [2.45, 2.75) is 56.8 Å². The normalized spacial score (nSPS) is 26.8. The largest absolute Gasteiger partial charge is 0.406 e. The van der Waals surface area contributed by atoms with Gasteiger partial charge in [0, 0.05) is 0 Å². The van der Waals surface area contributed by atoms with Crippen molar-refractivity contribution in [2.24, 2.45) is 0 Å². The quantitative estimate of drug-likeness (QED) is 0.491. The lowest BCUT2D eigenvalue weighted by Crippen LogP contribution is -2.36. The van der Waals surface area contributed by atoms with Crippen molar-refractivity contribution in [3.05, 3.63) is 20.8 Å². The molecule has 1 saturated heterocycles. The summed E-state index contributed by atoms with van der Waals surface area (Å²) in [5, 5.41) is 20.0. The van der Waals surface area contributed by atoms with E-state index in [1.54, 1.807) is 0 Å². The number of anilines is 1. The van der Waals surface area contributed by atoms with Gasteiger partial charge >= 0.3 is 11.9 Å². The van der Waals surface area contributed by atoms with Crippen LogP contribution in [-0.2, 0) is 11.3 Å². The zero-order valence-corrected chi connectivity index (χ0v) is 14.4. The molecular formula is C14H17F4N5O5. The molecule has 1 fully saturated rings. The maximum absolute atomic E-state index is 14.4. The minimum Gasteiger partial charge on any atom is -0.390 e. The van der Waals surface area contributed by atoms with Gasteiger partial charge in [-0.15, -0.1) is 0 Å². The number of nitrogen functional groups attached to an aromatic ring is 1. The van der Waals surface area contributed by atoms with E-state index in [0.29, 0.717) is 4.57 Å². The topological polar surface area (TPSA) is 148 Å². The van der Waals surface area contributed by atoms with Gasteiger partial charge in [-0.3, -0.25) is 14.3 Å². The number of nitrogens with zero attached hydrogens (tertiary/aromatic N) is 3. The second kappa shape index (κ2) is 6.86. The summed E-state index contributed by atoms with van der Waals surface area (Å²) in [5.74, 6) is -0.509. The Morgan fingerprint density at radius 2 is 2.04 bits per heavy atom. The third-order valence-electron chi connectivity index (χ3n) is 4.45. The molecule has 28 heavy (non-hydrogen) atoms. The van der Waals surface area contributed by atoms with Crippen LogP contribution >= 0.6 is 0 Å². The van der Waals surface area contributed by atoms with Crippen LogP contribution in [0.5, 0.6) is 0 Å². The number of imidazole rings is 1. The highest BCUT2D eigenvalue weighted by molar-refractivity contribution is 5.71. The molecule has 0 aromatic carbocycles. The van der Waals surface area contributed by atoms with E-state index in [9.17, 15) is 37.4 Å². The van der Waals surface area contributed by atoms with E-state index in [4.69, 9.17) is 10.5 Å². The number of alkyl halides is 4. The first-order valence-corrected chi connectivity index (χ1v) is 8.19. The highest BCUT2D eigenvalue weighted by Crippen LogP contribution is 2.34. The number of aliphatic hydroxyl groups is 2. The highest BCUT2D eigenvalue weighted by atomic mass is 19.4. The van der Waals surface area contributed by atoms with Crippen LogP contribution in [0.1, 0.15) is 19.6 Å². The Balaban J connectivity index is 2.23. The summed E-state index contributed by atoms with van der Waals surface area (Å²) in [4.78, 5) is 30.4. The van der Waals surface area contributed by atoms with Crippen molar-refractivity contribution < 1.29 is 32.5 Å². The molecule has 3 heterocycles. The summed E-state index contributed by atoms with van der Waals surface area (Å²) in [6.45, 7) is -0.309. The highest BCUT2D eigenvalue weighted by Gasteiger charge is 2.49. The fourth-order valence-corrected chi connectivity index (χ4v) is 3.17. The predicted octanol–water partition coefficient (Wildman–Crippen LogP) is -0.602. The van der Waals surface area contributed by atoms with Crippen molar-refractivity contribution in [3.63, 3.8) is 0 Å². The minimum atomic E-state index is -4.87. The summed E-state index contributed by atoms with van der Waals surface area (Å²) >= 11 is 0. The number of nitrogens with two attached hydrogens (primary N) is 1. The summed E-state index contributed by atoms with van der Waals surface area (Å²) < 4.78 is 58.8. The number of ether oxygens (including phenoxy) is 1. The van der Waals surface area contributed by atoms with Crippen LogP contribution in [0.4, 0.5) is 23.5 Å². The molecule has 0 amide bonds. The van der Waals surface area contributed by atoms with E-state index in [2.05, 4.69) is 4.98 Å². The number of nitrogens with one attached hydrogen (secondary N) is 1. The van der Waals surface area contributed by atoms with Crippen LogP contribution in [0.25, 0.3) is 11.2 Å². The second-order valence-electron chi connectivity index (χ2n) is 6.38. The minimum absolute atomic E-state index is 0.0557. The maximum Gasteiger partial charge on any atom is 0.406 e. The third kappa shape index (κ3) is 3.27. The van der Waals surface area contributed by atoms with E-state index in [0.717, 1.165) is 0 Å². The first-order chi connectivity index (χ1) is 13.0. The van der Waals surface area contributed by atoms with Crippen molar-refractivity contribution >= 4 is 17.1 Å². The Morgan fingerprint density at radius 3 is 2.61 bits per heavy atom. The average Bonchev–Trinajstić information content (AvgIpc) is 3.01. The number of hydrogen-bond acceptors (Lipinski definition) is 7. The molecule has 0 bridgehead atoms. The molecule has 0 unspecified atom stereocenters. The van der Waals surface area contributed by atoms with Crippen molar-refractivity contribution in [1.29, 1.82) is 0 Å². The maximum atomic E-state index is 14.4. The molecule has 1 aliphatic rings. The van der Waals surface area contributed by atoms with Crippen LogP contribution in [0.2, 0.25) is 0 Å². The number of aromatic nitrogens is 4. The zero-order valence-electron chi connectivity index (χ0n) is 14.4. The van der Waals surface area contributed by atoms with Crippen LogP contribution in [0, 0.1) is 0 Å². The lowest BCUT2D eigenvalue weighted by Gasteiger charge is -2.18. The van der Waals surface area contributed by atoms with E-state index in [1.165, 1.54) is 6.92 Å². The Hall–Kier alpha value is -2.45. The number of aromatic amines is 1. The molecule has 14 heteroatoms. The van der Waals surface area contributed by atoms with Crippen molar-refractivity contribution in [1.82, 2.24) is 19.1 Å². The average molecular weight is 411 g/mol. The molecule has 1 aliphatic heterocycles. The number of rotatable bonds is 4. The molecule has 2 aromatic heterocycles. The van der Waals surface area contributed by atoms with Crippen LogP contribution in [0.15, 0.2) is 9.59 Å². The Labute approximate surface area is 153 Å². The fraction of sp³-hybridized carbons (Fsp3) is 0.643. The first-order valence-electron chi connectivity index (χ1n) is 8.19. The first kappa shape index (κ1) is 20.3. The molecule has 2 aromatic rings. The fourth-order valence-electron chi connectivity index (χ4n) is 3.17. The lowest BCUT2D eigenvalue weighted by atomic mass is 10.1. The van der Waals surface area contributed by atoms with Gasteiger partial charge in [0.1, 0.15) is 18.8 Å². The second-order valence-corrected chi connectivity index (χ2v) is 6.38. The van der Waals surface area contributed by atoms with Gasteiger partial charge in [-0.1, -0.05) is 6.92 Å². The zero-order chi connectivity index (χ0) is 21.0.